The molecule has 38 heavy (non-hydrogen) atoms. The van der Waals surface area contributed by atoms with E-state index in [1.54, 1.807) is 18.2 Å². The molecule has 0 spiro atoms. The molecule has 3 aromatic carbocycles. The van der Waals surface area contributed by atoms with Crippen LogP contribution in [0, 0.1) is 0 Å². The van der Waals surface area contributed by atoms with Crippen LogP contribution in [-0.4, -0.2) is 35.4 Å². The summed E-state index contributed by atoms with van der Waals surface area (Å²) in [5, 5.41) is 11.8. The van der Waals surface area contributed by atoms with Gasteiger partial charge in [0.05, 0.1) is 30.4 Å². The van der Waals surface area contributed by atoms with E-state index in [-0.39, 0.29) is 23.3 Å². The van der Waals surface area contributed by atoms with Crippen molar-refractivity contribution in [2.45, 2.75) is 45.7 Å². The number of ether oxygens (including phenoxy) is 2. The average molecular weight is 534 g/mol. The van der Waals surface area contributed by atoms with Gasteiger partial charge < -0.3 is 19.5 Å². The van der Waals surface area contributed by atoms with Crippen LogP contribution in [0.4, 0.5) is 0 Å². The lowest BCUT2D eigenvalue weighted by molar-refractivity contribution is -0.140. The first-order valence-electron chi connectivity index (χ1n) is 12.5. The molecule has 198 valence electrons. The summed E-state index contributed by atoms with van der Waals surface area (Å²) in [5.41, 5.74) is 2.93. The molecule has 1 heterocycles. The summed E-state index contributed by atoms with van der Waals surface area (Å²) in [6.07, 6.45) is 0. The molecule has 0 radical (unpaired) electrons. The Labute approximate surface area is 228 Å². The van der Waals surface area contributed by atoms with Crippen LogP contribution < -0.4 is 9.47 Å². The Morgan fingerprint density at radius 2 is 1.74 bits per heavy atom. The van der Waals surface area contributed by atoms with E-state index in [2.05, 4.69) is 20.8 Å². The second kappa shape index (κ2) is 10.9. The fourth-order valence-electron chi connectivity index (χ4n) is 4.61. The standard InChI is InChI=1S/C31H32ClNO5/c1-6-38-23-9-7-8-19(16-23)18-33-27(20-10-13-22(14-11-20)31(2,3)4)26(29(35)30(33)36)28(34)21-12-15-24(32)25(17-21)37-5/h7-17,27,34H,6,18H2,1-5H3/b28-26-. The van der Waals surface area contributed by atoms with E-state index in [4.69, 9.17) is 21.1 Å². The van der Waals surface area contributed by atoms with Crippen LogP contribution in [0.1, 0.15) is 56.0 Å². The third kappa shape index (κ3) is 5.41. The fourth-order valence-corrected chi connectivity index (χ4v) is 4.81. The van der Waals surface area contributed by atoms with Gasteiger partial charge in [-0.05, 0) is 59.4 Å². The summed E-state index contributed by atoms with van der Waals surface area (Å²) >= 11 is 6.18. The lowest BCUT2D eigenvalue weighted by atomic mass is 9.85. The van der Waals surface area contributed by atoms with Gasteiger partial charge in [-0.1, -0.05) is 68.8 Å². The van der Waals surface area contributed by atoms with Crippen LogP contribution in [0.25, 0.3) is 5.76 Å². The molecule has 1 atom stereocenters. The molecule has 0 saturated carbocycles. The molecule has 1 amide bonds. The molecular weight excluding hydrogens is 502 g/mol. The van der Waals surface area contributed by atoms with Gasteiger partial charge in [-0.15, -0.1) is 0 Å². The number of hydrogen-bond donors (Lipinski definition) is 1. The number of methoxy groups -OCH3 is 1. The molecule has 4 rings (SSSR count). The molecular formula is C31H32ClNO5. The van der Waals surface area contributed by atoms with E-state index in [1.807, 2.05) is 55.5 Å². The second-order valence-electron chi connectivity index (χ2n) is 10.2. The number of benzene rings is 3. The minimum absolute atomic E-state index is 0.0175. The van der Waals surface area contributed by atoms with Crippen molar-refractivity contribution < 1.29 is 24.2 Å². The summed E-state index contributed by atoms with van der Waals surface area (Å²) in [6.45, 7) is 8.93. The highest BCUT2D eigenvalue weighted by Crippen LogP contribution is 2.41. The summed E-state index contributed by atoms with van der Waals surface area (Å²) in [5.74, 6) is -0.681. The topological polar surface area (TPSA) is 76.1 Å². The molecule has 0 aliphatic carbocycles. The third-order valence-corrected chi connectivity index (χ3v) is 6.93. The minimum atomic E-state index is -0.790. The Balaban J connectivity index is 1.85. The van der Waals surface area contributed by atoms with Gasteiger partial charge >= 0.3 is 0 Å². The molecule has 7 heteroatoms. The number of carbonyl (C=O) groups is 2. The molecule has 1 aliphatic heterocycles. The Morgan fingerprint density at radius 1 is 1.03 bits per heavy atom. The van der Waals surface area contributed by atoms with Gasteiger partial charge in [0.15, 0.2) is 0 Å². The van der Waals surface area contributed by atoms with E-state index < -0.39 is 17.7 Å². The first-order valence-corrected chi connectivity index (χ1v) is 12.9. The number of Topliss-reactive ketones (excluding diaryl/α,β-unsaturated/α-hetero) is 1. The van der Waals surface area contributed by atoms with Crippen LogP contribution >= 0.6 is 11.6 Å². The van der Waals surface area contributed by atoms with Crippen molar-refractivity contribution in [3.63, 3.8) is 0 Å². The zero-order chi connectivity index (χ0) is 27.6. The second-order valence-corrected chi connectivity index (χ2v) is 10.6. The molecule has 6 nitrogen and oxygen atoms in total. The molecule has 0 bridgehead atoms. The molecule has 1 unspecified atom stereocenters. The molecule has 1 fully saturated rings. The SMILES string of the molecule is CCOc1cccc(CN2C(=O)C(=O)/C(=C(\O)c3ccc(Cl)c(OC)c3)C2c2ccc(C(C)(C)C)cc2)c1. The molecule has 1 aliphatic rings. The van der Waals surface area contributed by atoms with Crippen LogP contribution in [-0.2, 0) is 21.5 Å². The minimum Gasteiger partial charge on any atom is -0.507 e. The zero-order valence-electron chi connectivity index (χ0n) is 22.2. The first-order chi connectivity index (χ1) is 18.0. The molecule has 1 saturated heterocycles. The van der Waals surface area contributed by atoms with Gasteiger partial charge in [0.2, 0.25) is 0 Å². The zero-order valence-corrected chi connectivity index (χ0v) is 23.0. The lowest BCUT2D eigenvalue weighted by Gasteiger charge is -2.27. The monoisotopic (exact) mass is 533 g/mol. The maximum absolute atomic E-state index is 13.4. The van der Waals surface area contributed by atoms with Gasteiger partial charge in [0.1, 0.15) is 17.3 Å². The van der Waals surface area contributed by atoms with Crippen molar-refractivity contribution in [2.75, 3.05) is 13.7 Å². The summed E-state index contributed by atoms with van der Waals surface area (Å²) in [6, 6.07) is 19.2. The van der Waals surface area contributed by atoms with Gasteiger partial charge in [0.25, 0.3) is 11.7 Å². The Kier molecular flexibility index (Phi) is 7.83. The van der Waals surface area contributed by atoms with Crippen molar-refractivity contribution in [1.82, 2.24) is 4.90 Å². The van der Waals surface area contributed by atoms with E-state index in [9.17, 15) is 14.7 Å². The molecule has 1 N–H and O–H groups in total. The quantitative estimate of drug-likeness (QED) is 0.208. The van der Waals surface area contributed by atoms with Gasteiger partial charge in [-0.3, -0.25) is 9.59 Å². The average Bonchev–Trinajstić information content (AvgIpc) is 3.13. The number of aliphatic hydroxyl groups excluding tert-OH is 1. The predicted octanol–water partition coefficient (Wildman–Crippen LogP) is 6.67. The van der Waals surface area contributed by atoms with Crippen LogP contribution in [0.3, 0.4) is 0 Å². The number of aliphatic hydroxyl groups is 1. The van der Waals surface area contributed by atoms with E-state index in [1.165, 1.54) is 12.0 Å². The number of amides is 1. The first kappa shape index (κ1) is 27.3. The van der Waals surface area contributed by atoms with Crippen LogP contribution in [0.5, 0.6) is 11.5 Å². The number of nitrogens with zero attached hydrogens (tertiary/aromatic N) is 1. The third-order valence-electron chi connectivity index (χ3n) is 6.62. The fraction of sp³-hybridized carbons (Fsp3) is 0.290. The number of hydrogen-bond acceptors (Lipinski definition) is 5. The van der Waals surface area contributed by atoms with Crippen molar-refractivity contribution in [1.29, 1.82) is 0 Å². The van der Waals surface area contributed by atoms with Crippen molar-refractivity contribution in [2.24, 2.45) is 0 Å². The highest BCUT2D eigenvalue weighted by molar-refractivity contribution is 6.46. The number of rotatable bonds is 7. The van der Waals surface area contributed by atoms with Crippen molar-refractivity contribution >= 4 is 29.1 Å². The Bertz CT molecular complexity index is 1390. The lowest BCUT2D eigenvalue weighted by Crippen LogP contribution is -2.29. The van der Waals surface area contributed by atoms with Crippen molar-refractivity contribution in [3.8, 4) is 11.5 Å². The van der Waals surface area contributed by atoms with Crippen LogP contribution in [0.15, 0.2) is 72.3 Å². The molecule has 3 aromatic rings. The number of carbonyl (C=O) groups excluding carboxylic acids is 2. The molecule has 0 aromatic heterocycles. The van der Waals surface area contributed by atoms with E-state index >= 15 is 0 Å². The van der Waals surface area contributed by atoms with Gasteiger partial charge in [0, 0.05) is 12.1 Å². The Morgan fingerprint density at radius 3 is 2.37 bits per heavy atom. The smallest absolute Gasteiger partial charge is 0.295 e. The van der Waals surface area contributed by atoms with Crippen molar-refractivity contribution in [3.05, 3.63) is 99.6 Å². The van der Waals surface area contributed by atoms with E-state index in [0.29, 0.717) is 28.7 Å². The van der Waals surface area contributed by atoms with Gasteiger partial charge in [-0.25, -0.2) is 0 Å². The van der Waals surface area contributed by atoms with Crippen LogP contribution in [0.2, 0.25) is 5.02 Å². The normalized spacial score (nSPS) is 17.1. The van der Waals surface area contributed by atoms with Gasteiger partial charge in [-0.2, -0.15) is 0 Å². The summed E-state index contributed by atoms with van der Waals surface area (Å²) in [7, 11) is 1.47. The van der Waals surface area contributed by atoms with E-state index in [0.717, 1.165) is 16.7 Å². The largest absolute Gasteiger partial charge is 0.507 e. The highest BCUT2D eigenvalue weighted by Gasteiger charge is 2.46. The maximum atomic E-state index is 13.4. The Hall–Kier alpha value is -3.77. The predicted molar refractivity (Wildman–Crippen MR) is 149 cm³/mol. The maximum Gasteiger partial charge on any atom is 0.295 e. The summed E-state index contributed by atoms with van der Waals surface area (Å²) < 4.78 is 10.9. The number of halogens is 1. The summed E-state index contributed by atoms with van der Waals surface area (Å²) in [4.78, 5) is 28.3. The number of ketones is 1. The number of likely N-dealkylation sites (tertiary alicyclic amines) is 1. The highest BCUT2D eigenvalue weighted by atomic mass is 35.5.